The number of alkyl halides is 3. The molecule has 0 aliphatic carbocycles. The largest absolute Gasteiger partial charge is 0.391 e. The number of halogens is 3. The first-order chi connectivity index (χ1) is 4.33. The first-order valence-electron chi connectivity index (χ1n) is 2.44. The third-order valence-corrected chi connectivity index (χ3v) is 0.817. The molecule has 0 spiro atoms. The topological polar surface area (TPSA) is 69.1 Å². The van der Waals surface area contributed by atoms with Gasteiger partial charge in [0.15, 0.2) is 0 Å². The molecule has 0 aliphatic heterocycles. The predicted molar refractivity (Wildman–Crippen MR) is 27.8 cm³/mol. The van der Waals surface area contributed by atoms with Crippen LogP contribution in [0.2, 0.25) is 0 Å². The quantitative estimate of drug-likeness (QED) is 0.578. The number of hydrogen-bond acceptors (Lipinski definition) is 2. The lowest BCUT2D eigenvalue weighted by Gasteiger charge is -2.09. The molecular formula is C4H7F3N2O. The van der Waals surface area contributed by atoms with Gasteiger partial charge in [-0.2, -0.15) is 13.2 Å². The summed E-state index contributed by atoms with van der Waals surface area (Å²) >= 11 is 0. The minimum absolute atomic E-state index is 1.14. The second kappa shape index (κ2) is 2.87. The van der Waals surface area contributed by atoms with Crippen molar-refractivity contribution in [1.29, 1.82) is 0 Å². The average Bonchev–Trinajstić information content (AvgIpc) is 1.60. The highest BCUT2D eigenvalue weighted by atomic mass is 19.4. The van der Waals surface area contributed by atoms with Gasteiger partial charge in [-0.3, -0.25) is 4.79 Å². The molecule has 0 bridgehead atoms. The predicted octanol–water partition coefficient (Wildman–Crippen LogP) is -0.249. The number of carbonyl (C=O) groups is 1. The fourth-order valence-electron chi connectivity index (χ4n) is 0.350. The Hall–Kier alpha value is -0.780. The van der Waals surface area contributed by atoms with Crippen molar-refractivity contribution in [2.24, 2.45) is 11.5 Å². The molecule has 6 heteroatoms. The molecular weight excluding hydrogens is 149 g/mol. The number of primary amides is 1. The molecule has 3 nitrogen and oxygen atoms in total. The highest BCUT2D eigenvalue weighted by Crippen LogP contribution is 2.20. The molecule has 0 rings (SSSR count). The van der Waals surface area contributed by atoms with E-state index in [-0.39, 0.29) is 0 Å². The summed E-state index contributed by atoms with van der Waals surface area (Å²) in [6, 6.07) is -1.62. The molecule has 0 saturated heterocycles. The molecule has 0 unspecified atom stereocenters. The van der Waals surface area contributed by atoms with Crippen LogP contribution >= 0.6 is 0 Å². The van der Waals surface area contributed by atoms with Crippen LogP contribution in [-0.4, -0.2) is 18.1 Å². The maximum absolute atomic E-state index is 11.4. The third kappa shape index (κ3) is 4.13. The Morgan fingerprint density at radius 3 is 2.00 bits per heavy atom. The second-order valence-corrected chi connectivity index (χ2v) is 1.83. The molecule has 0 radical (unpaired) electrons. The summed E-state index contributed by atoms with van der Waals surface area (Å²) in [5, 5.41) is 0. The van der Waals surface area contributed by atoms with Gasteiger partial charge in [0.1, 0.15) is 0 Å². The lowest BCUT2D eigenvalue weighted by atomic mass is 10.2. The number of amides is 1. The van der Waals surface area contributed by atoms with Gasteiger partial charge in [0, 0.05) is 0 Å². The van der Waals surface area contributed by atoms with E-state index in [2.05, 4.69) is 5.73 Å². The van der Waals surface area contributed by atoms with Gasteiger partial charge < -0.3 is 11.5 Å². The summed E-state index contributed by atoms with van der Waals surface area (Å²) in [7, 11) is 0. The Kier molecular flexibility index (Phi) is 2.65. The van der Waals surface area contributed by atoms with Crippen LogP contribution in [0.5, 0.6) is 0 Å². The highest BCUT2D eigenvalue weighted by molar-refractivity contribution is 5.79. The second-order valence-electron chi connectivity index (χ2n) is 1.83. The van der Waals surface area contributed by atoms with Crippen molar-refractivity contribution in [3.8, 4) is 0 Å². The smallest absolute Gasteiger partial charge is 0.368 e. The van der Waals surface area contributed by atoms with Crippen molar-refractivity contribution in [1.82, 2.24) is 0 Å². The third-order valence-electron chi connectivity index (χ3n) is 0.817. The van der Waals surface area contributed by atoms with Gasteiger partial charge in [-0.1, -0.05) is 0 Å². The van der Waals surface area contributed by atoms with Crippen LogP contribution in [0.3, 0.4) is 0 Å². The lowest BCUT2D eigenvalue weighted by Crippen LogP contribution is -2.39. The van der Waals surface area contributed by atoms with Gasteiger partial charge in [0.05, 0.1) is 12.5 Å². The van der Waals surface area contributed by atoms with E-state index in [0.29, 0.717) is 0 Å². The maximum Gasteiger partial charge on any atom is 0.391 e. The summed E-state index contributed by atoms with van der Waals surface area (Å²) in [6.07, 6.45) is -5.78. The van der Waals surface area contributed by atoms with Crippen molar-refractivity contribution >= 4 is 5.91 Å². The van der Waals surface area contributed by atoms with Gasteiger partial charge in [-0.15, -0.1) is 0 Å². The normalized spacial score (nSPS) is 14.8. The van der Waals surface area contributed by atoms with Crippen molar-refractivity contribution < 1.29 is 18.0 Å². The van der Waals surface area contributed by atoms with Crippen LogP contribution in [0.25, 0.3) is 0 Å². The summed E-state index contributed by atoms with van der Waals surface area (Å²) in [4.78, 5) is 9.97. The number of rotatable bonds is 2. The first-order valence-corrected chi connectivity index (χ1v) is 2.44. The van der Waals surface area contributed by atoms with Gasteiger partial charge in [0.25, 0.3) is 0 Å². The first kappa shape index (κ1) is 9.22. The van der Waals surface area contributed by atoms with Gasteiger partial charge >= 0.3 is 6.18 Å². The standard InChI is InChI=1S/C4H7F3N2O/c5-4(6,7)1-2(8)3(9)10/h2H,1,8H2,(H2,9,10)/t2-/m1/s1. The van der Waals surface area contributed by atoms with Crippen LogP contribution in [0.15, 0.2) is 0 Å². The maximum atomic E-state index is 11.4. The molecule has 60 valence electrons. The van der Waals surface area contributed by atoms with E-state index < -0.39 is 24.5 Å². The van der Waals surface area contributed by atoms with Crippen molar-refractivity contribution in [3.05, 3.63) is 0 Å². The Morgan fingerprint density at radius 1 is 1.50 bits per heavy atom. The van der Waals surface area contributed by atoms with Crippen LogP contribution in [-0.2, 0) is 4.79 Å². The molecule has 10 heavy (non-hydrogen) atoms. The monoisotopic (exact) mass is 156 g/mol. The van der Waals surface area contributed by atoms with E-state index in [0.717, 1.165) is 0 Å². The Labute approximate surface area is 55.2 Å². The summed E-state index contributed by atoms with van der Waals surface area (Å²) in [5.74, 6) is -1.14. The Bertz CT molecular complexity index is 133. The molecule has 0 aromatic rings. The molecule has 4 N–H and O–H groups in total. The molecule has 0 aliphatic rings. The summed E-state index contributed by atoms with van der Waals surface area (Å²) < 4.78 is 34.1. The van der Waals surface area contributed by atoms with Crippen molar-refractivity contribution in [2.45, 2.75) is 18.6 Å². The molecule has 0 heterocycles. The zero-order valence-electron chi connectivity index (χ0n) is 4.98. The zero-order valence-corrected chi connectivity index (χ0v) is 4.98. The van der Waals surface area contributed by atoms with Gasteiger partial charge in [0.2, 0.25) is 5.91 Å². The highest BCUT2D eigenvalue weighted by Gasteiger charge is 2.32. The van der Waals surface area contributed by atoms with Crippen molar-refractivity contribution in [2.75, 3.05) is 0 Å². The summed E-state index contributed by atoms with van der Waals surface area (Å²) in [5.41, 5.74) is 9.19. The minimum atomic E-state index is -4.42. The lowest BCUT2D eigenvalue weighted by molar-refractivity contribution is -0.145. The molecule has 0 fully saturated rings. The fourth-order valence-corrected chi connectivity index (χ4v) is 0.350. The molecule has 1 amide bonds. The molecule has 1 atom stereocenters. The van der Waals surface area contributed by atoms with E-state index in [4.69, 9.17) is 5.73 Å². The van der Waals surface area contributed by atoms with E-state index in [1.807, 2.05) is 0 Å². The van der Waals surface area contributed by atoms with Crippen LogP contribution < -0.4 is 11.5 Å². The van der Waals surface area contributed by atoms with E-state index in [1.54, 1.807) is 0 Å². The number of hydrogen-bond donors (Lipinski definition) is 2. The van der Waals surface area contributed by atoms with Crippen LogP contribution in [0.1, 0.15) is 6.42 Å². The van der Waals surface area contributed by atoms with Gasteiger partial charge in [-0.05, 0) is 0 Å². The minimum Gasteiger partial charge on any atom is -0.368 e. The summed E-state index contributed by atoms with van der Waals surface area (Å²) in [6.45, 7) is 0. The fraction of sp³-hybridized carbons (Fsp3) is 0.750. The number of carbonyl (C=O) groups excluding carboxylic acids is 1. The van der Waals surface area contributed by atoms with Crippen LogP contribution in [0, 0.1) is 0 Å². The van der Waals surface area contributed by atoms with E-state index in [9.17, 15) is 18.0 Å². The van der Waals surface area contributed by atoms with Gasteiger partial charge in [-0.25, -0.2) is 0 Å². The Morgan fingerprint density at radius 2 is 1.90 bits per heavy atom. The van der Waals surface area contributed by atoms with Crippen molar-refractivity contribution in [3.63, 3.8) is 0 Å². The Balaban J connectivity index is 3.80. The average molecular weight is 156 g/mol. The van der Waals surface area contributed by atoms with E-state index in [1.165, 1.54) is 0 Å². The van der Waals surface area contributed by atoms with Crippen LogP contribution in [0.4, 0.5) is 13.2 Å². The molecule has 0 aromatic carbocycles. The van der Waals surface area contributed by atoms with E-state index >= 15 is 0 Å². The number of nitrogens with two attached hydrogens (primary N) is 2. The zero-order chi connectivity index (χ0) is 8.36. The molecule has 0 saturated carbocycles. The SMILES string of the molecule is NC(=O)[C@H](N)CC(F)(F)F. The molecule has 0 aromatic heterocycles.